The largest absolute Gasteiger partial charge is 0.462 e. The van der Waals surface area contributed by atoms with Gasteiger partial charge in [-0.3, -0.25) is 10.1 Å². The van der Waals surface area contributed by atoms with Crippen LogP contribution in [0.4, 0.5) is 10.1 Å². The minimum atomic E-state index is -4.58. The van der Waals surface area contributed by atoms with Crippen LogP contribution in [-0.2, 0) is 13.8 Å². The zero-order chi connectivity index (χ0) is 15.8. The minimum Gasteiger partial charge on any atom is -0.462 e. The zero-order valence-corrected chi connectivity index (χ0v) is 12.0. The molecule has 7 nitrogen and oxygen atoms in total. The summed E-state index contributed by atoms with van der Waals surface area (Å²) in [6.45, 7) is 0.0594. The molecule has 1 aromatic carbocycles. The van der Waals surface area contributed by atoms with Crippen molar-refractivity contribution in [2.24, 2.45) is 5.92 Å². The van der Waals surface area contributed by atoms with Crippen LogP contribution in [-0.4, -0.2) is 25.9 Å². The number of carbonyl (C=O) groups excluding carboxylic acids is 1. The average Bonchev–Trinajstić information content (AvgIpc) is 3.18. The minimum absolute atomic E-state index is 0.0594. The topological polar surface area (TPSA) is 104 Å². The van der Waals surface area contributed by atoms with Crippen molar-refractivity contribution in [3.8, 4) is 0 Å². The second-order valence-corrected chi connectivity index (χ2v) is 7.08. The second-order valence-electron chi connectivity index (χ2n) is 4.54. The summed E-state index contributed by atoms with van der Waals surface area (Å²) in [5.74, 6) is -2.42. The number of nitrogens with zero attached hydrogens (tertiary/aromatic N) is 1. The number of halogens is 2. The average molecular weight is 338 g/mol. The summed E-state index contributed by atoms with van der Waals surface area (Å²) in [5.41, 5.74) is -1.60. The van der Waals surface area contributed by atoms with Gasteiger partial charge in [0, 0.05) is 22.8 Å². The van der Waals surface area contributed by atoms with Crippen LogP contribution in [0, 0.1) is 21.8 Å². The Morgan fingerprint density at radius 1 is 1.48 bits per heavy atom. The van der Waals surface area contributed by atoms with Gasteiger partial charge in [0.2, 0.25) is 0 Å². The summed E-state index contributed by atoms with van der Waals surface area (Å²) in [6.07, 6.45) is 1.76. The van der Waals surface area contributed by atoms with Gasteiger partial charge in [0.1, 0.15) is 10.5 Å². The molecule has 0 radical (unpaired) electrons. The Morgan fingerprint density at radius 2 is 2.10 bits per heavy atom. The highest BCUT2D eigenvalue weighted by Gasteiger charge is 2.29. The van der Waals surface area contributed by atoms with Gasteiger partial charge in [-0.2, -0.15) is 0 Å². The molecular formula is C11H9ClFNO6S. The molecule has 1 aliphatic carbocycles. The van der Waals surface area contributed by atoms with Gasteiger partial charge in [-0.15, -0.1) is 0 Å². The summed E-state index contributed by atoms with van der Waals surface area (Å²) >= 11 is 0. The molecule has 0 aromatic heterocycles. The maximum Gasteiger partial charge on any atom is 0.341 e. The Morgan fingerprint density at radius 3 is 2.57 bits per heavy atom. The van der Waals surface area contributed by atoms with Crippen molar-refractivity contribution in [3.63, 3.8) is 0 Å². The SMILES string of the molecule is O=C(OCC1CC1)c1cc([N+](=O)[O-])cc(S(=O)(=O)Cl)c1F. The molecule has 1 fully saturated rings. The molecule has 0 N–H and O–H groups in total. The van der Waals surface area contributed by atoms with E-state index in [2.05, 4.69) is 0 Å². The fourth-order valence-electron chi connectivity index (χ4n) is 1.57. The molecule has 10 heteroatoms. The second kappa shape index (κ2) is 5.57. The lowest BCUT2D eigenvalue weighted by Gasteiger charge is -2.07. The number of nitro benzene ring substituents is 1. The molecule has 0 spiro atoms. The number of hydrogen-bond acceptors (Lipinski definition) is 6. The molecule has 0 aliphatic heterocycles. The van der Waals surface area contributed by atoms with E-state index in [0.29, 0.717) is 12.1 Å². The Balaban J connectivity index is 2.44. The van der Waals surface area contributed by atoms with Crippen molar-refractivity contribution in [1.29, 1.82) is 0 Å². The molecule has 0 amide bonds. The van der Waals surface area contributed by atoms with Gasteiger partial charge in [0.15, 0.2) is 5.82 Å². The first-order valence-corrected chi connectivity index (χ1v) is 8.11. The monoisotopic (exact) mass is 337 g/mol. The lowest BCUT2D eigenvalue weighted by Crippen LogP contribution is -2.12. The highest BCUT2D eigenvalue weighted by Crippen LogP contribution is 2.31. The van der Waals surface area contributed by atoms with Crippen LogP contribution in [0.25, 0.3) is 0 Å². The number of benzene rings is 1. The third-order valence-corrected chi connectivity index (χ3v) is 4.19. The first-order chi connectivity index (χ1) is 9.70. The van der Waals surface area contributed by atoms with E-state index in [1.54, 1.807) is 0 Å². The van der Waals surface area contributed by atoms with E-state index in [-0.39, 0.29) is 12.5 Å². The number of esters is 1. The molecule has 114 valence electrons. The number of rotatable bonds is 5. The quantitative estimate of drug-likeness (QED) is 0.353. The van der Waals surface area contributed by atoms with E-state index in [9.17, 15) is 27.7 Å². The standard InChI is InChI=1S/C11H9ClFNO6S/c12-21(18,19)9-4-7(14(16)17)3-8(10(9)13)11(15)20-5-6-1-2-6/h3-4,6H,1-2,5H2. The van der Waals surface area contributed by atoms with Crippen LogP contribution in [0.3, 0.4) is 0 Å². The summed E-state index contributed by atoms with van der Waals surface area (Å²) in [7, 11) is 0.433. The van der Waals surface area contributed by atoms with Gasteiger partial charge in [0.05, 0.1) is 11.5 Å². The molecule has 1 saturated carbocycles. The van der Waals surface area contributed by atoms with E-state index in [0.717, 1.165) is 12.8 Å². The predicted molar refractivity (Wildman–Crippen MR) is 69.1 cm³/mol. The van der Waals surface area contributed by atoms with E-state index < -0.39 is 41.9 Å². The molecule has 1 aliphatic rings. The summed E-state index contributed by atoms with van der Waals surface area (Å²) in [4.78, 5) is 20.4. The molecule has 21 heavy (non-hydrogen) atoms. The van der Waals surface area contributed by atoms with Crippen molar-refractivity contribution in [2.75, 3.05) is 6.61 Å². The van der Waals surface area contributed by atoms with Gasteiger partial charge >= 0.3 is 5.97 Å². The van der Waals surface area contributed by atoms with Crippen LogP contribution in [0.2, 0.25) is 0 Å². The Labute approximate surface area is 123 Å². The number of ether oxygens (including phenoxy) is 1. The molecule has 1 aromatic rings. The van der Waals surface area contributed by atoms with E-state index in [4.69, 9.17) is 15.4 Å². The number of hydrogen-bond donors (Lipinski definition) is 0. The van der Waals surface area contributed by atoms with E-state index in [1.165, 1.54) is 0 Å². The van der Waals surface area contributed by atoms with E-state index in [1.807, 2.05) is 0 Å². The third-order valence-electron chi connectivity index (χ3n) is 2.86. The van der Waals surface area contributed by atoms with Gasteiger partial charge in [-0.05, 0) is 18.8 Å². The molecule has 0 unspecified atom stereocenters. The number of nitro groups is 1. The fourth-order valence-corrected chi connectivity index (χ4v) is 2.49. The van der Waals surface area contributed by atoms with Crippen LogP contribution < -0.4 is 0 Å². The highest BCUT2D eigenvalue weighted by atomic mass is 35.7. The van der Waals surface area contributed by atoms with Gasteiger partial charge < -0.3 is 4.74 Å². The first-order valence-electron chi connectivity index (χ1n) is 5.80. The van der Waals surface area contributed by atoms with Gasteiger partial charge in [0.25, 0.3) is 14.7 Å². The Bertz CT molecular complexity index is 716. The van der Waals surface area contributed by atoms with Gasteiger partial charge in [-0.1, -0.05) is 0 Å². The smallest absolute Gasteiger partial charge is 0.341 e. The lowest BCUT2D eigenvalue weighted by atomic mass is 10.2. The van der Waals surface area contributed by atoms with Crippen LogP contribution in [0.5, 0.6) is 0 Å². The molecular weight excluding hydrogens is 329 g/mol. The molecule has 0 saturated heterocycles. The van der Waals surface area contributed by atoms with Crippen molar-refractivity contribution in [1.82, 2.24) is 0 Å². The normalized spacial score (nSPS) is 14.8. The van der Waals surface area contributed by atoms with Crippen molar-refractivity contribution < 1.29 is 27.3 Å². The first kappa shape index (κ1) is 15.6. The van der Waals surface area contributed by atoms with Crippen molar-refractivity contribution in [2.45, 2.75) is 17.7 Å². The lowest BCUT2D eigenvalue weighted by molar-refractivity contribution is -0.385. The van der Waals surface area contributed by atoms with Gasteiger partial charge in [-0.25, -0.2) is 17.6 Å². The van der Waals surface area contributed by atoms with Crippen molar-refractivity contribution >= 4 is 31.4 Å². The Hall–Kier alpha value is -1.74. The molecule has 2 rings (SSSR count). The number of non-ortho nitro benzene ring substituents is 1. The highest BCUT2D eigenvalue weighted by molar-refractivity contribution is 8.13. The Kier molecular flexibility index (Phi) is 4.15. The maximum atomic E-state index is 14.0. The van der Waals surface area contributed by atoms with E-state index >= 15 is 0 Å². The predicted octanol–water partition coefficient (Wildman–Crippen LogP) is 2.23. The van der Waals surface area contributed by atoms with Crippen LogP contribution in [0.1, 0.15) is 23.2 Å². The summed E-state index contributed by atoms with van der Waals surface area (Å²) in [5, 5.41) is 10.7. The van der Waals surface area contributed by atoms with Crippen molar-refractivity contribution in [3.05, 3.63) is 33.6 Å². The molecule has 0 heterocycles. The molecule has 0 atom stereocenters. The van der Waals surface area contributed by atoms with Crippen LogP contribution >= 0.6 is 10.7 Å². The third kappa shape index (κ3) is 3.67. The fraction of sp³-hybridized carbons (Fsp3) is 0.364. The summed E-state index contributed by atoms with van der Waals surface area (Å²) < 4.78 is 41.3. The summed E-state index contributed by atoms with van der Waals surface area (Å²) in [6, 6.07) is 1.07. The maximum absolute atomic E-state index is 14.0. The zero-order valence-electron chi connectivity index (χ0n) is 10.4. The molecule has 0 bridgehead atoms. The number of carbonyl (C=O) groups is 1. The van der Waals surface area contributed by atoms with Crippen LogP contribution in [0.15, 0.2) is 17.0 Å².